The molecule has 0 spiro atoms. The van der Waals surface area contributed by atoms with E-state index in [2.05, 4.69) is 4.98 Å². The third-order valence-electron chi connectivity index (χ3n) is 3.40. The molecule has 0 bridgehead atoms. The van der Waals surface area contributed by atoms with Crippen LogP contribution >= 0.6 is 0 Å². The van der Waals surface area contributed by atoms with Crippen molar-refractivity contribution in [3.05, 3.63) is 60.2 Å². The normalized spacial score (nSPS) is 11.6. The SMILES string of the molecule is COc1cccc2c(C(F)(F)F)cc(-c3ccccc3)nc12. The molecular weight excluding hydrogens is 291 g/mol. The summed E-state index contributed by atoms with van der Waals surface area (Å²) in [6.45, 7) is 0. The molecule has 0 atom stereocenters. The zero-order valence-electron chi connectivity index (χ0n) is 11.7. The summed E-state index contributed by atoms with van der Waals surface area (Å²) in [5.74, 6) is 0.320. The van der Waals surface area contributed by atoms with Crippen LogP contribution in [0.1, 0.15) is 5.56 Å². The second kappa shape index (κ2) is 5.33. The number of halogens is 3. The number of ether oxygens (including phenoxy) is 1. The van der Waals surface area contributed by atoms with Crippen LogP contribution < -0.4 is 4.74 Å². The maximum Gasteiger partial charge on any atom is 0.417 e. The van der Waals surface area contributed by atoms with Gasteiger partial charge in [-0.3, -0.25) is 0 Å². The molecule has 0 saturated heterocycles. The Morgan fingerprint density at radius 1 is 0.955 bits per heavy atom. The number of methoxy groups -OCH3 is 1. The lowest BCUT2D eigenvalue weighted by Gasteiger charge is -2.14. The van der Waals surface area contributed by atoms with Crippen molar-refractivity contribution in [1.82, 2.24) is 4.98 Å². The molecule has 0 N–H and O–H groups in total. The number of hydrogen-bond donors (Lipinski definition) is 0. The first-order chi connectivity index (χ1) is 10.5. The van der Waals surface area contributed by atoms with E-state index in [0.717, 1.165) is 6.07 Å². The van der Waals surface area contributed by atoms with E-state index in [0.29, 0.717) is 11.3 Å². The molecule has 2 nitrogen and oxygen atoms in total. The maximum atomic E-state index is 13.4. The zero-order chi connectivity index (χ0) is 15.7. The van der Waals surface area contributed by atoms with Crippen LogP contribution in [0.25, 0.3) is 22.2 Å². The molecule has 1 heterocycles. The summed E-state index contributed by atoms with van der Waals surface area (Å²) in [4.78, 5) is 4.37. The number of para-hydroxylation sites is 1. The first kappa shape index (κ1) is 14.4. The van der Waals surface area contributed by atoms with E-state index in [4.69, 9.17) is 4.74 Å². The molecule has 1 aromatic heterocycles. The first-order valence-corrected chi connectivity index (χ1v) is 6.61. The van der Waals surface area contributed by atoms with Gasteiger partial charge in [0.25, 0.3) is 0 Å². The van der Waals surface area contributed by atoms with Crippen LogP contribution in [0.4, 0.5) is 13.2 Å². The smallest absolute Gasteiger partial charge is 0.417 e. The van der Waals surface area contributed by atoms with Gasteiger partial charge in [0.1, 0.15) is 11.3 Å². The number of rotatable bonds is 2. The fourth-order valence-electron chi connectivity index (χ4n) is 2.38. The fraction of sp³-hybridized carbons (Fsp3) is 0.118. The summed E-state index contributed by atoms with van der Waals surface area (Å²) in [5, 5.41) is 0.0338. The summed E-state index contributed by atoms with van der Waals surface area (Å²) in [5.41, 5.74) is 0.389. The Hall–Kier alpha value is -2.56. The highest BCUT2D eigenvalue weighted by atomic mass is 19.4. The summed E-state index contributed by atoms with van der Waals surface area (Å²) in [6.07, 6.45) is -4.46. The molecule has 0 amide bonds. The lowest BCUT2D eigenvalue weighted by molar-refractivity contribution is -0.136. The topological polar surface area (TPSA) is 22.1 Å². The Labute approximate surface area is 125 Å². The quantitative estimate of drug-likeness (QED) is 0.669. The summed E-state index contributed by atoms with van der Waals surface area (Å²) in [7, 11) is 1.42. The molecule has 0 aliphatic carbocycles. The van der Waals surface area contributed by atoms with Crippen molar-refractivity contribution in [2.75, 3.05) is 7.11 Å². The molecule has 0 aliphatic rings. The van der Waals surface area contributed by atoms with Gasteiger partial charge in [-0.25, -0.2) is 4.98 Å². The van der Waals surface area contributed by atoms with Crippen molar-refractivity contribution in [3.63, 3.8) is 0 Å². The molecule has 22 heavy (non-hydrogen) atoms. The number of alkyl halides is 3. The zero-order valence-corrected chi connectivity index (χ0v) is 11.7. The summed E-state index contributed by atoms with van der Waals surface area (Å²) in [6, 6.07) is 14.4. The lowest BCUT2D eigenvalue weighted by Crippen LogP contribution is -2.07. The molecule has 2 aromatic carbocycles. The van der Waals surface area contributed by atoms with Crippen LogP contribution in [0, 0.1) is 0 Å². The van der Waals surface area contributed by atoms with E-state index < -0.39 is 11.7 Å². The average molecular weight is 303 g/mol. The Morgan fingerprint density at radius 2 is 1.68 bits per heavy atom. The van der Waals surface area contributed by atoms with Crippen molar-refractivity contribution in [3.8, 4) is 17.0 Å². The van der Waals surface area contributed by atoms with E-state index in [1.807, 2.05) is 0 Å². The minimum atomic E-state index is -4.46. The van der Waals surface area contributed by atoms with Gasteiger partial charge in [-0.1, -0.05) is 42.5 Å². The maximum absolute atomic E-state index is 13.4. The minimum absolute atomic E-state index is 0.0338. The van der Waals surface area contributed by atoms with Gasteiger partial charge in [-0.15, -0.1) is 0 Å². The Morgan fingerprint density at radius 3 is 2.32 bits per heavy atom. The number of fused-ring (bicyclic) bond motifs is 1. The highest BCUT2D eigenvalue weighted by molar-refractivity contribution is 5.90. The molecule has 0 saturated carbocycles. The van der Waals surface area contributed by atoms with E-state index in [9.17, 15) is 13.2 Å². The third kappa shape index (κ3) is 2.50. The number of aromatic nitrogens is 1. The van der Waals surface area contributed by atoms with Crippen molar-refractivity contribution in [1.29, 1.82) is 0 Å². The number of benzene rings is 2. The van der Waals surface area contributed by atoms with Crippen LogP contribution in [0.5, 0.6) is 5.75 Å². The van der Waals surface area contributed by atoms with Gasteiger partial charge in [0.15, 0.2) is 0 Å². The Balaban J connectivity index is 2.37. The van der Waals surface area contributed by atoms with Gasteiger partial charge in [0.05, 0.1) is 18.4 Å². The van der Waals surface area contributed by atoms with E-state index in [1.165, 1.54) is 19.2 Å². The molecule has 5 heteroatoms. The van der Waals surface area contributed by atoms with E-state index >= 15 is 0 Å². The average Bonchev–Trinajstić information content (AvgIpc) is 2.53. The van der Waals surface area contributed by atoms with E-state index in [1.54, 1.807) is 36.4 Å². The van der Waals surface area contributed by atoms with Crippen molar-refractivity contribution in [2.45, 2.75) is 6.18 Å². The molecule has 112 valence electrons. The second-order valence-electron chi connectivity index (χ2n) is 4.78. The van der Waals surface area contributed by atoms with Gasteiger partial charge in [-0.2, -0.15) is 13.2 Å². The summed E-state index contributed by atoms with van der Waals surface area (Å²) < 4.78 is 45.3. The van der Waals surface area contributed by atoms with Crippen LogP contribution in [0.2, 0.25) is 0 Å². The number of pyridine rings is 1. The van der Waals surface area contributed by atoms with Crippen LogP contribution in [-0.2, 0) is 6.18 Å². The molecule has 0 fully saturated rings. The Bertz CT molecular complexity index is 813. The predicted molar refractivity (Wildman–Crippen MR) is 78.7 cm³/mol. The van der Waals surface area contributed by atoms with Gasteiger partial charge < -0.3 is 4.74 Å². The predicted octanol–water partition coefficient (Wildman–Crippen LogP) is 4.93. The lowest BCUT2D eigenvalue weighted by atomic mass is 10.0. The molecule has 0 unspecified atom stereocenters. The second-order valence-corrected chi connectivity index (χ2v) is 4.78. The number of nitrogens with zero attached hydrogens (tertiary/aromatic N) is 1. The monoisotopic (exact) mass is 303 g/mol. The highest BCUT2D eigenvalue weighted by Crippen LogP contribution is 2.38. The number of hydrogen-bond acceptors (Lipinski definition) is 2. The largest absolute Gasteiger partial charge is 0.494 e. The van der Waals surface area contributed by atoms with Gasteiger partial charge in [0, 0.05) is 10.9 Å². The van der Waals surface area contributed by atoms with Crippen LogP contribution in [0.15, 0.2) is 54.6 Å². The third-order valence-corrected chi connectivity index (χ3v) is 3.40. The van der Waals surface area contributed by atoms with Crippen LogP contribution in [0.3, 0.4) is 0 Å². The van der Waals surface area contributed by atoms with Gasteiger partial charge in [0.2, 0.25) is 0 Å². The molecule has 0 radical (unpaired) electrons. The standard InChI is InChI=1S/C17H12F3NO/c1-22-15-9-5-8-12-13(17(18,19)20)10-14(21-16(12)15)11-6-3-2-4-7-11/h2-10H,1H3. The summed E-state index contributed by atoms with van der Waals surface area (Å²) >= 11 is 0. The van der Waals surface area contributed by atoms with Crippen LogP contribution in [-0.4, -0.2) is 12.1 Å². The minimum Gasteiger partial charge on any atom is -0.494 e. The van der Waals surface area contributed by atoms with Crippen molar-refractivity contribution >= 4 is 10.9 Å². The van der Waals surface area contributed by atoms with Crippen molar-refractivity contribution in [2.24, 2.45) is 0 Å². The van der Waals surface area contributed by atoms with Gasteiger partial charge >= 0.3 is 6.18 Å². The Kier molecular flexibility index (Phi) is 3.48. The van der Waals surface area contributed by atoms with Crippen molar-refractivity contribution < 1.29 is 17.9 Å². The molecule has 3 rings (SSSR count). The van der Waals surface area contributed by atoms with E-state index in [-0.39, 0.29) is 16.6 Å². The molecule has 0 aliphatic heterocycles. The highest BCUT2D eigenvalue weighted by Gasteiger charge is 2.34. The van der Waals surface area contributed by atoms with Gasteiger partial charge in [-0.05, 0) is 12.1 Å². The first-order valence-electron chi connectivity index (χ1n) is 6.61. The molecular formula is C17H12F3NO. The molecule has 3 aromatic rings. The fourth-order valence-corrected chi connectivity index (χ4v) is 2.38.